The van der Waals surface area contributed by atoms with Crippen LogP contribution in [0.15, 0.2) is 42.5 Å². The highest BCUT2D eigenvalue weighted by atomic mass is 19.1. The molecule has 0 saturated heterocycles. The van der Waals surface area contributed by atoms with E-state index in [0.717, 1.165) is 23.7 Å². The van der Waals surface area contributed by atoms with E-state index in [-0.39, 0.29) is 23.3 Å². The summed E-state index contributed by atoms with van der Waals surface area (Å²) in [4.78, 5) is 26.7. The van der Waals surface area contributed by atoms with E-state index in [4.69, 9.17) is 9.47 Å². The SMILES string of the molecule is COc1ccc(C(=O)O[C@@H](C)C(=O)N2c3ccccc3C[C@@H]2C)cc1F. The number of rotatable bonds is 4. The first-order chi connectivity index (χ1) is 12.4. The molecule has 0 aromatic heterocycles. The van der Waals surface area contributed by atoms with E-state index in [1.54, 1.807) is 4.90 Å². The van der Waals surface area contributed by atoms with Crippen LogP contribution in [0.3, 0.4) is 0 Å². The molecule has 1 aliphatic heterocycles. The zero-order valence-corrected chi connectivity index (χ0v) is 14.9. The molecule has 26 heavy (non-hydrogen) atoms. The van der Waals surface area contributed by atoms with Crippen LogP contribution in [-0.2, 0) is 16.0 Å². The summed E-state index contributed by atoms with van der Waals surface area (Å²) in [5.41, 5.74) is 1.95. The number of esters is 1. The topological polar surface area (TPSA) is 55.8 Å². The van der Waals surface area contributed by atoms with Crippen molar-refractivity contribution in [2.24, 2.45) is 0 Å². The summed E-state index contributed by atoms with van der Waals surface area (Å²) in [6.45, 7) is 3.47. The van der Waals surface area contributed by atoms with E-state index in [2.05, 4.69) is 0 Å². The number of benzene rings is 2. The molecule has 0 unspecified atom stereocenters. The van der Waals surface area contributed by atoms with Crippen molar-refractivity contribution in [1.82, 2.24) is 0 Å². The molecule has 0 saturated carbocycles. The zero-order valence-electron chi connectivity index (χ0n) is 14.9. The fraction of sp³-hybridized carbons (Fsp3) is 0.300. The fourth-order valence-corrected chi connectivity index (χ4v) is 3.17. The molecule has 2 aromatic carbocycles. The van der Waals surface area contributed by atoms with Gasteiger partial charge in [0.05, 0.1) is 12.7 Å². The molecule has 1 aliphatic rings. The number of carbonyl (C=O) groups is 2. The van der Waals surface area contributed by atoms with Crippen molar-refractivity contribution >= 4 is 17.6 Å². The predicted octanol–water partition coefficient (Wildman–Crippen LogP) is 3.36. The Bertz CT molecular complexity index is 851. The van der Waals surface area contributed by atoms with Gasteiger partial charge in [0.25, 0.3) is 5.91 Å². The number of carbonyl (C=O) groups excluding carboxylic acids is 2. The van der Waals surface area contributed by atoms with Crippen molar-refractivity contribution in [3.8, 4) is 5.75 Å². The smallest absolute Gasteiger partial charge is 0.339 e. The van der Waals surface area contributed by atoms with E-state index in [9.17, 15) is 14.0 Å². The molecule has 1 amide bonds. The third-order valence-electron chi connectivity index (χ3n) is 4.46. The van der Waals surface area contributed by atoms with Crippen LogP contribution >= 0.6 is 0 Å². The van der Waals surface area contributed by atoms with Gasteiger partial charge >= 0.3 is 5.97 Å². The van der Waals surface area contributed by atoms with Crippen molar-refractivity contribution in [1.29, 1.82) is 0 Å². The lowest BCUT2D eigenvalue weighted by molar-refractivity contribution is -0.126. The number of halogens is 1. The van der Waals surface area contributed by atoms with Crippen molar-refractivity contribution < 1.29 is 23.5 Å². The highest BCUT2D eigenvalue weighted by Gasteiger charge is 2.34. The number of hydrogen-bond acceptors (Lipinski definition) is 4. The summed E-state index contributed by atoms with van der Waals surface area (Å²) in [5.74, 6) is -1.69. The Morgan fingerprint density at radius 2 is 1.96 bits per heavy atom. The van der Waals surface area contributed by atoms with E-state index < -0.39 is 17.9 Å². The lowest BCUT2D eigenvalue weighted by Gasteiger charge is -2.26. The second-order valence-electron chi connectivity index (χ2n) is 6.29. The van der Waals surface area contributed by atoms with Crippen LogP contribution in [0.2, 0.25) is 0 Å². The maximum Gasteiger partial charge on any atom is 0.339 e. The number of methoxy groups -OCH3 is 1. The van der Waals surface area contributed by atoms with Gasteiger partial charge in [-0.2, -0.15) is 0 Å². The number of hydrogen-bond donors (Lipinski definition) is 0. The molecule has 0 aliphatic carbocycles. The maximum absolute atomic E-state index is 13.8. The Morgan fingerprint density at radius 3 is 2.65 bits per heavy atom. The molecule has 5 nitrogen and oxygen atoms in total. The fourth-order valence-electron chi connectivity index (χ4n) is 3.17. The molecule has 2 atom stereocenters. The number of fused-ring (bicyclic) bond motifs is 1. The third-order valence-corrected chi connectivity index (χ3v) is 4.46. The summed E-state index contributed by atoms with van der Waals surface area (Å²) in [6, 6.07) is 11.4. The van der Waals surface area contributed by atoms with Gasteiger partial charge in [-0.3, -0.25) is 4.79 Å². The summed E-state index contributed by atoms with van der Waals surface area (Å²) in [5, 5.41) is 0. The first-order valence-electron chi connectivity index (χ1n) is 8.38. The summed E-state index contributed by atoms with van der Waals surface area (Å²) < 4.78 is 23.8. The Labute approximate surface area is 151 Å². The Kier molecular flexibility index (Phi) is 4.93. The molecule has 0 radical (unpaired) electrons. The predicted molar refractivity (Wildman–Crippen MR) is 94.9 cm³/mol. The normalized spacial score (nSPS) is 16.8. The summed E-state index contributed by atoms with van der Waals surface area (Å²) in [7, 11) is 1.34. The van der Waals surface area contributed by atoms with Crippen LogP contribution in [0.4, 0.5) is 10.1 Å². The third kappa shape index (κ3) is 3.27. The highest BCUT2D eigenvalue weighted by molar-refractivity contribution is 6.00. The number of para-hydroxylation sites is 1. The molecule has 3 rings (SSSR count). The summed E-state index contributed by atoms with van der Waals surface area (Å²) >= 11 is 0. The molecular formula is C20H20FNO4. The van der Waals surface area contributed by atoms with Gasteiger partial charge in [-0.05, 0) is 50.1 Å². The van der Waals surface area contributed by atoms with Crippen LogP contribution < -0.4 is 9.64 Å². The number of nitrogens with zero attached hydrogens (tertiary/aromatic N) is 1. The molecular weight excluding hydrogens is 337 g/mol. The van der Waals surface area contributed by atoms with Gasteiger partial charge in [0.2, 0.25) is 0 Å². The van der Waals surface area contributed by atoms with E-state index in [1.807, 2.05) is 31.2 Å². The monoisotopic (exact) mass is 357 g/mol. The van der Waals surface area contributed by atoms with Crippen LogP contribution in [0.5, 0.6) is 5.75 Å². The molecule has 0 spiro atoms. The lowest BCUT2D eigenvalue weighted by atomic mass is 10.1. The first kappa shape index (κ1) is 17.9. The molecule has 136 valence electrons. The average Bonchev–Trinajstić information content (AvgIpc) is 2.96. The van der Waals surface area contributed by atoms with Gasteiger partial charge in [0, 0.05) is 11.7 Å². The molecule has 0 fully saturated rings. The van der Waals surface area contributed by atoms with Crippen molar-refractivity contribution in [3.63, 3.8) is 0 Å². The minimum absolute atomic E-state index is 0.0144. The summed E-state index contributed by atoms with van der Waals surface area (Å²) in [6.07, 6.45) is -0.229. The molecule has 0 N–H and O–H groups in total. The van der Waals surface area contributed by atoms with Crippen molar-refractivity contribution in [3.05, 3.63) is 59.4 Å². The van der Waals surface area contributed by atoms with Crippen LogP contribution in [-0.4, -0.2) is 31.1 Å². The maximum atomic E-state index is 13.8. The Morgan fingerprint density at radius 1 is 1.23 bits per heavy atom. The van der Waals surface area contributed by atoms with Gasteiger partial charge in [0.1, 0.15) is 0 Å². The lowest BCUT2D eigenvalue weighted by Crippen LogP contribution is -2.43. The average molecular weight is 357 g/mol. The second kappa shape index (κ2) is 7.15. The van der Waals surface area contributed by atoms with Crippen molar-refractivity contribution in [2.75, 3.05) is 12.0 Å². The molecule has 0 bridgehead atoms. The molecule has 6 heteroatoms. The quantitative estimate of drug-likeness (QED) is 0.788. The number of ether oxygens (including phenoxy) is 2. The minimum atomic E-state index is -0.985. The number of amides is 1. The van der Waals surface area contributed by atoms with Crippen LogP contribution in [0.25, 0.3) is 0 Å². The van der Waals surface area contributed by atoms with E-state index in [0.29, 0.717) is 0 Å². The van der Waals surface area contributed by atoms with Gasteiger partial charge in [-0.1, -0.05) is 18.2 Å². The van der Waals surface area contributed by atoms with Gasteiger partial charge in [0.15, 0.2) is 17.7 Å². The standard InChI is InChI=1S/C20H20FNO4/c1-12-10-14-6-4-5-7-17(14)22(12)19(23)13(2)26-20(24)15-8-9-18(25-3)16(21)11-15/h4-9,11-13H,10H2,1-3H3/t12-,13-/m0/s1. The largest absolute Gasteiger partial charge is 0.494 e. The zero-order chi connectivity index (χ0) is 18.8. The van der Waals surface area contributed by atoms with Crippen molar-refractivity contribution in [2.45, 2.75) is 32.4 Å². The molecule has 2 aromatic rings. The second-order valence-corrected chi connectivity index (χ2v) is 6.29. The molecule has 1 heterocycles. The van der Waals surface area contributed by atoms with Gasteiger partial charge in [-0.25, -0.2) is 9.18 Å². The Balaban J connectivity index is 1.73. The van der Waals surface area contributed by atoms with Gasteiger partial charge < -0.3 is 14.4 Å². The van der Waals surface area contributed by atoms with Crippen LogP contribution in [0.1, 0.15) is 29.8 Å². The van der Waals surface area contributed by atoms with Gasteiger partial charge in [-0.15, -0.1) is 0 Å². The van der Waals surface area contributed by atoms with Crippen LogP contribution in [0, 0.1) is 5.82 Å². The first-order valence-corrected chi connectivity index (χ1v) is 8.38. The van der Waals surface area contributed by atoms with E-state index in [1.165, 1.54) is 26.2 Å². The number of anilines is 1. The highest BCUT2D eigenvalue weighted by Crippen LogP contribution is 2.32. The van der Waals surface area contributed by atoms with E-state index >= 15 is 0 Å². The Hall–Kier alpha value is -2.89. The minimum Gasteiger partial charge on any atom is -0.494 e.